The van der Waals surface area contributed by atoms with E-state index in [0.717, 1.165) is 0 Å². The summed E-state index contributed by atoms with van der Waals surface area (Å²) in [6.07, 6.45) is 3.30. The Balaban J connectivity index is 1.82. The molecule has 6 nitrogen and oxygen atoms in total. The maximum atomic E-state index is 11.8. The van der Waals surface area contributed by atoms with Gasteiger partial charge in [-0.25, -0.2) is 4.98 Å². The zero-order valence-corrected chi connectivity index (χ0v) is 13.3. The fraction of sp³-hybridized carbons (Fsp3) is 0.167. The number of rotatable bonds is 7. The number of carbonyl (C=O) groups excluding carboxylic acids is 1. The molecule has 0 atom stereocenters. The first-order chi connectivity index (χ1) is 10.2. The van der Waals surface area contributed by atoms with Crippen molar-refractivity contribution in [3.8, 4) is 0 Å². The molecular weight excluding hydrogens is 330 g/mol. The van der Waals surface area contributed by atoms with Crippen LogP contribution in [0.3, 0.4) is 0 Å². The van der Waals surface area contributed by atoms with Gasteiger partial charge in [0.2, 0.25) is 11.0 Å². The first-order valence-electron chi connectivity index (χ1n) is 5.90. The Morgan fingerprint density at radius 3 is 3.14 bits per heavy atom. The second-order valence-electron chi connectivity index (χ2n) is 3.72. The number of thioether (sulfide) groups is 1. The standard InChI is InChI=1S/C12H12ClN5OS2/c1-2-5-15-11-17-18-12(21-11)20-7-9(19)16-8-4-3-6-14-10(8)13/h2-4,6H,1,5,7H2,(H,15,17)(H,16,19). The zero-order chi connectivity index (χ0) is 15.1. The van der Waals surface area contributed by atoms with E-state index in [2.05, 4.69) is 32.4 Å². The molecule has 1 amide bonds. The van der Waals surface area contributed by atoms with Crippen LogP contribution in [0.1, 0.15) is 0 Å². The first-order valence-corrected chi connectivity index (χ1v) is 8.08. The molecule has 0 aliphatic rings. The predicted molar refractivity (Wildman–Crippen MR) is 87.2 cm³/mol. The van der Waals surface area contributed by atoms with E-state index in [1.165, 1.54) is 23.1 Å². The minimum Gasteiger partial charge on any atom is -0.357 e. The van der Waals surface area contributed by atoms with Gasteiger partial charge in [-0.05, 0) is 12.1 Å². The van der Waals surface area contributed by atoms with Crippen molar-refractivity contribution in [1.82, 2.24) is 15.2 Å². The van der Waals surface area contributed by atoms with Gasteiger partial charge < -0.3 is 10.6 Å². The smallest absolute Gasteiger partial charge is 0.234 e. The summed E-state index contributed by atoms with van der Waals surface area (Å²) in [7, 11) is 0. The molecule has 21 heavy (non-hydrogen) atoms. The molecular formula is C12H12ClN5OS2. The fourth-order valence-corrected chi connectivity index (χ4v) is 3.02. The van der Waals surface area contributed by atoms with E-state index in [1.807, 2.05) is 0 Å². The van der Waals surface area contributed by atoms with E-state index in [1.54, 1.807) is 24.4 Å². The lowest BCUT2D eigenvalue weighted by molar-refractivity contribution is -0.113. The van der Waals surface area contributed by atoms with Crippen molar-refractivity contribution in [3.63, 3.8) is 0 Å². The SMILES string of the molecule is C=CCNc1nnc(SCC(=O)Nc2cccnc2Cl)s1. The molecule has 0 saturated heterocycles. The molecule has 9 heteroatoms. The van der Waals surface area contributed by atoms with Crippen LogP contribution in [0.15, 0.2) is 35.3 Å². The molecule has 0 fully saturated rings. The molecule has 0 spiro atoms. The third kappa shape index (κ3) is 5.00. The summed E-state index contributed by atoms with van der Waals surface area (Å²) in [5.41, 5.74) is 0.496. The number of anilines is 2. The van der Waals surface area contributed by atoms with Gasteiger partial charge in [0.25, 0.3) is 0 Å². The number of halogens is 1. The van der Waals surface area contributed by atoms with Crippen molar-refractivity contribution in [2.45, 2.75) is 4.34 Å². The number of hydrogen-bond acceptors (Lipinski definition) is 7. The molecule has 0 aromatic carbocycles. The highest BCUT2D eigenvalue weighted by Gasteiger charge is 2.09. The van der Waals surface area contributed by atoms with Crippen LogP contribution in [0.5, 0.6) is 0 Å². The summed E-state index contributed by atoms with van der Waals surface area (Å²) < 4.78 is 0.717. The Morgan fingerprint density at radius 1 is 1.52 bits per heavy atom. The summed E-state index contributed by atoms with van der Waals surface area (Å²) in [6.45, 7) is 4.23. The number of hydrogen-bond donors (Lipinski definition) is 2. The number of amides is 1. The molecule has 2 aromatic rings. The average molecular weight is 342 g/mol. The minimum atomic E-state index is -0.175. The van der Waals surface area contributed by atoms with Crippen molar-refractivity contribution in [1.29, 1.82) is 0 Å². The van der Waals surface area contributed by atoms with Crippen LogP contribution in [-0.4, -0.2) is 33.4 Å². The maximum Gasteiger partial charge on any atom is 0.234 e. The van der Waals surface area contributed by atoms with Crippen molar-refractivity contribution >= 4 is 51.4 Å². The van der Waals surface area contributed by atoms with Crippen LogP contribution >= 0.6 is 34.7 Å². The van der Waals surface area contributed by atoms with E-state index in [9.17, 15) is 4.79 Å². The third-order valence-corrected chi connectivity index (χ3v) is 4.48. The first kappa shape index (κ1) is 15.7. The lowest BCUT2D eigenvalue weighted by Crippen LogP contribution is -2.14. The van der Waals surface area contributed by atoms with Gasteiger partial charge in [0.1, 0.15) is 0 Å². The van der Waals surface area contributed by atoms with E-state index >= 15 is 0 Å². The highest BCUT2D eigenvalue weighted by atomic mass is 35.5. The Bertz CT molecular complexity index is 634. The Hall–Kier alpha value is -1.64. The van der Waals surface area contributed by atoms with Crippen molar-refractivity contribution in [2.24, 2.45) is 0 Å². The normalized spacial score (nSPS) is 10.1. The number of nitrogens with zero attached hydrogens (tertiary/aromatic N) is 3. The highest BCUT2D eigenvalue weighted by molar-refractivity contribution is 8.01. The molecule has 2 aromatic heterocycles. The summed E-state index contributed by atoms with van der Waals surface area (Å²) in [5.74, 6) is 0.0482. The number of aromatic nitrogens is 3. The van der Waals surface area contributed by atoms with Gasteiger partial charge in [-0.2, -0.15) is 0 Å². The molecule has 0 aliphatic carbocycles. The summed E-state index contributed by atoms with van der Waals surface area (Å²) in [6, 6.07) is 3.40. The average Bonchev–Trinajstić information content (AvgIpc) is 2.93. The second kappa shape index (κ2) is 7.96. The maximum absolute atomic E-state index is 11.8. The van der Waals surface area contributed by atoms with Gasteiger partial charge in [-0.1, -0.05) is 40.8 Å². The van der Waals surface area contributed by atoms with Gasteiger partial charge in [-0.15, -0.1) is 16.8 Å². The molecule has 2 rings (SSSR count). The molecule has 0 saturated carbocycles. The summed E-state index contributed by atoms with van der Waals surface area (Å²) >= 11 is 8.57. The largest absolute Gasteiger partial charge is 0.357 e. The van der Waals surface area contributed by atoms with Gasteiger partial charge in [0, 0.05) is 12.7 Å². The third-order valence-electron chi connectivity index (χ3n) is 2.16. The second-order valence-corrected chi connectivity index (χ2v) is 6.28. The van der Waals surface area contributed by atoms with Crippen molar-refractivity contribution in [2.75, 3.05) is 22.9 Å². The lowest BCUT2D eigenvalue weighted by Gasteiger charge is -2.04. The van der Waals surface area contributed by atoms with Gasteiger partial charge in [0.15, 0.2) is 9.49 Å². The minimum absolute atomic E-state index is 0.175. The van der Waals surface area contributed by atoms with Crippen LogP contribution in [0, 0.1) is 0 Å². The van der Waals surface area contributed by atoms with E-state index < -0.39 is 0 Å². The van der Waals surface area contributed by atoms with Crippen LogP contribution in [0.4, 0.5) is 10.8 Å². The molecule has 0 unspecified atom stereocenters. The van der Waals surface area contributed by atoms with Crippen LogP contribution in [-0.2, 0) is 4.79 Å². The Morgan fingerprint density at radius 2 is 2.38 bits per heavy atom. The summed E-state index contributed by atoms with van der Waals surface area (Å²) in [5, 5.41) is 14.6. The molecule has 0 radical (unpaired) electrons. The molecule has 0 bridgehead atoms. The predicted octanol–water partition coefficient (Wildman–Crippen LogP) is 2.92. The number of carbonyl (C=O) groups is 1. The highest BCUT2D eigenvalue weighted by Crippen LogP contribution is 2.25. The molecule has 110 valence electrons. The van der Waals surface area contributed by atoms with Gasteiger partial charge >= 0.3 is 0 Å². The number of nitrogens with one attached hydrogen (secondary N) is 2. The van der Waals surface area contributed by atoms with Crippen LogP contribution in [0.25, 0.3) is 0 Å². The van der Waals surface area contributed by atoms with E-state index in [4.69, 9.17) is 11.6 Å². The lowest BCUT2D eigenvalue weighted by atomic mass is 10.4. The van der Waals surface area contributed by atoms with Crippen LogP contribution < -0.4 is 10.6 Å². The quantitative estimate of drug-likeness (QED) is 0.458. The van der Waals surface area contributed by atoms with Crippen molar-refractivity contribution in [3.05, 3.63) is 36.1 Å². The monoisotopic (exact) mass is 341 g/mol. The Kier molecular flexibility index (Phi) is 5.97. The van der Waals surface area contributed by atoms with E-state index in [-0.39, 0.29) is 16.8 Å². The fourth-order valence-electron chi connectivity index (χ4n) is 1.29. The molecule has 0 aliphatic heterocycles. The van der Waals surface area contributed by atoms with Crippen LogP contribution in [0.2, 0.25) is 5.15 Å². The molecule has 2 heterocycles. The molecule has 2 N–H and O–H groups in total. The summed E-state index contributed by atoms with van der Waals surface area (Å²) in [4.78, 5) is 15.7. The van der Waals surface area contributed by atoms with Gasteiger partial charge in [0.05, 0.1) is 11.4 Å². The Labute approximate surface area is 135 Å². The van der Waals surface area contributed by atoms with Gasteiger partial charge in [-0.3, -0.25) is 4.79 Å². The van der Waals surface area contributed by atoms with Crippen molar-refractivity contribution < 1.29 is 4.79 Å². The topological polar surface area (TPSA) is 79.8 Å². The van der Waals surface area contributed by atoms with E-state index in [0.29, 0.717) is 21.7 Å². The number of pyridine rings is 1. The zero-order valence-electron chi connectivity index (χ0n) is 10.9.